The zero-order chi connectivity index (χ0) is 22.5. The van der Waals surface area contributed by atoms with Gasteiger partial charge in [-0.15, -0.1) is 0 Å². The van der Waals surface area contributed by atoms with Gasteiger partial charge in [0.25, 0.3) is 0 Å². The van der Waals surface area contributed by atoms with Crippen LogP contribution in [0.2, 0.25) is 0 Å². The number of carbonyl (C=O) groups excluding carboxylic acids is 1. The number of amides is 1. The highest BCUT2D eigenvalue weighted by atomic mass is 16.2. The Bertz CT molecular complexity index is 1190. The summed E-state index contributed by atoms with van der Waals surface area (Å²) in [5.41, 5.74) is 5.36. The van der Waals surface area contributed by atoms with Gasteiger partial charge < -0.3 is 4.90 Å². The second-order valence-electron chi connectivity index (χ2n) is 8.35. The molecule has 1 saturated heterocycles. The van der Waals surface area contributed by atoms with Gasteiger partial charge >= 0.3 is 0 Å². The highest BCUT2D eigenvalue weighted by molar-refractivity contribution is 5.76. The minimum Gasteiger partial charge on any atom is -0.337 e. The normalized spacial score (nSPS) is 14.9. The lowest BCUT2D eigenvalue weighted by molar-refractivity contribution is -0.130. The Labute approximate surface area is 194 Å². The summed E-state index contributed by atoms with van der Waals surface area (Å²) in [6.07, 6.45) is 6.24. The van der Waals surface area contributed by atoms with Crippen molar-refractivity contribution < 1.29 is 4.79 Å². The lowest BCUT2D eigenvalue weighted by Crippen LogP contribution is -2.32. The van der Waals surface area contributed by atoms with Crippen molar-refractivity contribution in [2.45, 2.75) is 19.5 Å². The van der Waals surface area contributed by atoms with Crippen LogP contribution in [0.25, 0.3) is 16.9 Å². The molecule has 1 amide bonds. The van der Waals surface area contributed by atoms with E-state index in [0.29, 0.717) is 19.5 Å². The number of hydrogen-bond acceptors (Lipinski definition) is 4. The molecule has 1 fully saturated rings. The van der Waals surface area contributed by atoms with Gasteiger partial charge in [-0.2, -0.15) is 5.10 Å². The molecule has 6 nitrogen and oxygen atoms in total. The van der Waals surface area contributed by atoms with Gasteiger partial charge in [0.2, 0.25) is 5.91 Å². The van der Waals surface area contributed by atoms with Gasteiger partial charge in [-0.05, 0) is 23.8 Å². The molecule has 0 unspecified atom stereocenters. The van der Waals surface area contributed by atoms with Crippen LogP contribution in [0.3, 0.4) is 0 Å². The lowest BCUT2D eigenvalue weighted by Gasteiger charge is -2.22. The molecule has 3 heterocycles. The second-order valence-corrected chi connectivity index (χ2v) is 8.35. The minimum absolute atomic E-state index is 0.199. The molecule has 0 radical (unpaired) electrons. The van der Waals surface area contributed by atoms with E-state index in [1.807, 2.05) is 64.3 Å². The summed E-state index contributed by atoms with van der Waals surface area (Å²) in [5, 5.41) is 4.93. The van der Waals surface area contributed by atoms with Crippen LogP contribution in [0.1, 0.15) is 17.5 Å². The molecule has 0 atom stereocenters. The molecule has 0 aliphatic carbocycles. The summed E-state index contributed by atoms with van der Waals surface area (Å²) in [5.74, 6) is 0.199. The average Bonchev–Trinajstić information content (AvgIpc) is 3.22. The largest absolute Gasteiger partial charge is 0.337 e. The highest BCUT2D eigenvalue weighted by Gasteiger charge is 2.23. The molecule has 0 spiro atoms. The zero-order valence-electron chi connectivity index (χ0n) is 18.5. The van der Waals surface area contributed by atoms with E-state index in [9.17, 15) is 4.79 Å². The summed E-state index contributed by atoms with van der Waals surface area (Å²) in [7, 11) is 0. The summed E-state index contributed by atoms with van der Waals surface area (Å²) >= 11 is 0. The topological polar surface area (TPSA) is 54.3 Å². The van der Waals surface area contributed by atoms with Gasteiger partial charge in [0.05, 0.1) is 11.4 Å². The summed E-state index contributed by atoms with van der Waals surface area (Å²) in [6.45, 7) is 3.65. The van der Waals surface area contributed by atoms with Crippen molar-refractivity contribution in [1.29, 1.82) is 0 Å². The van der Waals surface area contributed by atoms with E-state index in [0.717, 1.165) is 42.1 Å². The number of para-hydroxylation sites is 1. The first-order valence-electron chi connectivity index (χ1n) is 11.3. The monoisotopic (exact) mass is 437 g/mol. The number of hydrogen-bond donors (Lipinski definition) is 0. The predicted molar refractivity (Wildman–Crippen MR) is 129 cm³/mol. The molecular weight excluding hydrogens is 410 g/mol. The Morgan fingerprint density at radius 1 is 0.818 bits per heavy atom. The predicted octanol–water partition coefficient (Wildman–Crippen LogP) is 4.17. The molecule has 0 N–H and O–H groups in total. The first kappa shape index (κ1) is 21.1. The fourth-order valence-corrected chi connectivity index (χ4v) is 4.27. The number of rotatable bonds is 6. The van der Waals surface area contributed by atoms with Crippen molar-refractivity contribution in [3.05, 3.63) is 103 Å². The van der Waals surface area contributed by atoms with E-state index in [-0.39, 0.29) is 5.91 Å². The fourth-order valence-electron chi connectivity index (χ4n) is 4.27. The van der Waals surface area contributed by atoms with E-state index in [4.69, 9.17) is 5.10 Å². The van der Waals surface area contributed by atoms with Crippen LogP contribution in [0.15, 0.2) is 91.4 Å². The van der Waals surface area contributed by atoms with Gasteiger partial charge in [0.15, 0.2) is 0 Å². The zero-order valence-corrected chi connectivity index (χ0v) is 18.5. The van der Waals surface area contributed by atoms with Crippen molar-refractivity contribution in [2.75, 3.05) is 19.6 Å². The van der Waals surface area contributed by atoms with Crippen LogP contribution in [0.5, 0.6) is 0 Å². The number of pyridine rings is 1. The quantitative estimate of drug-likeness (QED) is 0.454. The molecule has 5 rings (SSSR count). The van der Waals surface area contributed by atoms with Crippen molar-refractivity contribution >= 4 is 5.91 Å². The molecule has 1 aliphatic rings. The van der Waals surface area contributed by atoms with Crippen molar-refractivity contribution in [3.8, 4) is 16.9 Å². The van der Waals surface area contributed by atoms with Crippen LogP contribution in [0, 0.1) is 0 Å². The Hall–Kier alpha value is -3.77. The Morgan fingerprint density at radius 3 is 2.36 bits per heavy atom. The smallest absolute Gasteiger partial charge is 0.224 e. The van der Waals surface area contributed by atoms with E-state index >= 15 is 0 Å². The first-order chi connectivity index (χ1) is 16.3. The second kappa shape index (κ2) is 9.79. The molecule has 0 bridgehead atoms. The van der Waals surface area contributed by atoms with Gasteiger partial charge in [0.1, 0.15) is 0 Å². The third kappa shape index (κ3) is 5.02. The maximum absolute atomic E-state index is 12.8. The SMILES string of the molecule is O=C1CCN(Cc2cn(-c3ccccc3)nc2-c2ccccc2)CCN1Cc1cccnc1. The molecule has 0 saturated carbocycles. The maximum atomic E-state index is 12.8. The van der Waals surface area contributed by atoms with E-state index < -0.39 is 0 Å². The van der Waals surface area contributed by atoms with Gasteiger partial charge in [-0.1, -0.05) is 54.6 Å². The number of benzene rings is 2. The number of carbonyl (C=O) groups is 1. The van der Waals surface area contributed by atoms with Crippen molar-refractivity contribution in [1.82, 2.24) is 24.6 Å². The lowest BCUT2D eigenvalue weighted by atomic mass is 10.1. The summed E-state index contributed by atoms with van der Waals surface area (Å²) in [4.78, 5) is 21.2. The minimum atomic E-state index is 0.199. The molecule has 2 aromatic heterocycles. The molecule has 33 heavy (non-hydrogen) atoms. The number of nitrogens with zero attached hydrogens (tertiary/aromatic N) is 5. The summed E-state index contributed by atoms with van der Waals surface area (Å²) < 4.78 is 1.95. The standard InChI is InChI=1S/C27H27N5O/c33-26-13-15-30(16-17-31(26)19-22-8-7-14-28-18-22)20-24-21-32(25-11-5-2-6-12-25)29-27(24)23-9-3-1-4-10-23/h1-12,14,18,21H,13,15-17,19-20H2. The highest BCUT2D eigenvalue weighted by Crippen LogP contribution is 2.25. The van der Waals surface area contributed by atoms with Crippen LogP contribution < -0.4 is 0 Å². The first-order valence-corrected chi connectivity index (χ1v) is 11.3. The van der Waals surface area contributed by atoms with Crippen LogP contribution >= 0.6 is 0 Å². The molecule has 166 valence electrons. The van der Waals surface area contributed by atoms with Crippen molar-refractivity contribution in [3.63, 3.8) is 0 Å². The van der Waals surface area contributed by atoms with Gasteiger partial charge in [-0.25, -0.2) is 4.68 Å². The van der Waals surface area contributed by atoms with Gasteiger partial charge in [-0.3, -0.25) is 14.7 Å². The Morgan fingerprint density at radius 2 is 1.61 bits per heavy atom. The van der Waals surface area contributed by atoms with Crippen LogP contribution in [-0.2, 0) is 17.9 Å². The van der Waals surface area contributed by atoms with Gasteiger partial charge in [0, 0.05) is 68.9 Å². The van der Waals surface area contributed by atoms with E-state index in [1.54, 1.807) is 6.20 Å². The van der Waals surface area contributed by atoms with Crippen LogP contribution in [0.4, 0.5) is 0 Å². The Kier molecular flexibility index (Phi) is 6.26. The number of aromatic nitrogens is 3. The van der Waals surface area contributed by atoms with Crippen LogP contribution in [-0.4, -0.2) is 50.1 Å². The third-order valence-corrected chi connectivity index (χ3v) is 6.03. The molecule has 1 aliphatic heterocycles. The summed E-state index contributed by atoms with van der Waals surface area (Å²) in [6, 6.07) is 24.4. The third-order valence-electron chi connectivity index (χ3n) is 6.03. The maximum Gasteiger partial charge on any atom is 0.224 e. The molecule has 6 heteroatoms. The molecule has 2 aromatic carbocycles. The molecular formula is C27H27N5O. The molecule has 4 aromatic rings. The van der Waals surface area contributed by atoms with E-state index in [2.05, 4.69) is 40.3 Å². The Balaban J connectivity index is 1.36. The van der Waals surface area contributed by atoms with E-state index in [1.165, 1.54) is 5.56 Å². The van der Waals surface area contributed by atoms with Crippen molar-refractivity contribution in [2.24, 2.45) is 0 Å². The fraction of sp³-hybridized carbons (Fsp3) is 0.222. The average molecular weight is 438 g/mol.